The quantitative estimate of drug-likeness (QED) is 0.846. The molecule has 0 spiro atoms. The van der Waals surface area contributed by atoms with Crippen molar-refractivity contribution < 1.29 is 9.18 Å². The van der Waals surface area contributed by atoms with Gasteiger partial charge in [-0.25, -0.2) is 4.39 Å². The molecule has 2 aromatic carbocycles. The van der Waals surface area contributed by atoms with Crippen LogP contribution in [0, 0.1) is 5.82 Å². The molecule has 2 aromatic rings. The number of carbonyl (C=O) groups is 1. The number of halogens is 1. The number of amides is 1. The summed E-state index contributed by atoms with van der Waals surface area (Å²) in [6, 6.07) is 12.7. The smallest absolute Gasteiger partial charge is 0.242 e. The molecule has 5 nitrogen and oxygen atoms in total. The Kier molecular flexibility index (Phi) is 4.88. The fraction of sp³-hybridized carbons (Fsp3) is 0.381. The van der Waals surface area contributed by atoms with E-state index in [4.69, 9.17) is 5.73 Å². The van der Waals surface area contributed by atoms with Crippen LogP contribution >= 0.6 is 0 Å². The van der Waals surface area contributed by atoms with Crippen LogP contribution < -0.4 is 15.5 Å². The van der Waals surface area contributed by atoms with Gasteiger partial charge in [-0.2, -0.15) is 0 Å². The van der Waals surface area contributed by atoms with Gasteiger partial charge in [0.2, 0.25) is 5.91 Å². The van der Waals surface area contributed by atoms with E-state index in [1.165, 1.54) is 6.07 Å². The summed E-state index contributed by atoms with van der Waals surface area (Å²) in [6.45, 7) is 3.77. The van der Waals surface area contributed by atoms with E-state index in [1.807, 2.05) is 34.1 Å². The van der Waals surface area contributed by atoms with Crippen LogP contribution in [-0.4, -0.2) is 50.1 Å². The summed E-state index contributed by atoms with van der Waals surface area (Å²) in [4.78, 5) is 18.9. The number of fused-ring (bicyclic) bond motifs is 1. The van der Waals surface area contributed by atoms with Crippen LogP contribution in [0.4, 0.5) is 21.5 Å². The number of hydrogen-bond donors (Lipinski definition) is 1. The number of nitrogens with two attached hydrogens (primary N) is 1. The molecule has 27 heavy (non-hydrogen) atoms. The van der Waals surface area contributed by atoms with Crippen LogP contribution in [0.25, 0.3) is 0 Å². The Bertz CT molecular complexity index is 833. The lowest BCUT2D eigenvalue weighted by atomic mass is 10.00. The van der Waals surface area contributed by atoms with Gasteiger partial charge in [0.1, 0.15) is 5.82 Å². The van der Waals surface area contributed by atoms with Crippen LogP contribution in [0.1, 0.15) is 12.0 Å². The van der Waals surface area contributed by atoms with E-state index < -0.39 is 0 Å². The maximum Gasteiger partial charge on any atom is 0.242 e. The highest BCUT2D eigenvalue weighted by Gasteiger charge is 2.26. The molecule has 2 N–H and O–H groups in total. The summed E-state index contributed by atoms with van der Waals surface area (Å²) in [6.07, 6.45) is 1.98. The molecule has 2 aliphatic heterocycles. The number of piperazine rings is 1. The molecular formula is C21H25FN4O. The Hall–Kier alpha value is -2.76. The average Bonchev–Trinajstić information content (AvgIpc) is 2.69. The normalized spacial score (nSPS) is 17.0. The first-order valence-electron chi connectivity index (χ1n) is 9.53. The summed E-state index contributed by atoms with van der Waals surface area (Å²) in [5, 5.41) is 0. The first-order chi connectivity index (χ1) is 13.1. The van der Waals surface area contributed by atoms with Crippen LogP contribution in [0.15, 0.2) is 42.5 Å². The molecule has 4 rings (SSSR count). The molecule has 0 aliphatic carbocycles. The monoisotopic (exact) mass is 368 g/mol. The standard InChI is InChI=1S/C21H25FN4O/c22-17-6-1-2-8-20(17)24-11-13-25(14-12-24)21(27)15-26-10-4-5-16-18(23)7-3-9-19(16)26/h1-3,6-9H,4-5,10-15,23H2. The van der Waals surface area contributed by atoms with Crippen molar-refractivity contribution in [1.29, 1.82) is 0 Å². The Morgan fingerprint density at radius 1 is 0.963 bits per heavy atom. The Labute approximate surface area is 159 Å². The van der Waals surface area contributed by atoms with Crippen molar-refractivity contribution in [1.82, 2.24) is 4.90 Å². The van der Waals surface area contributed by atoms with Gasteiger partial charge in [-0.1, -0.05) is 18.2 Å². The van der Waals surface area contributed by atoms with E-state index in [-0.39, 0.29) is 11.7 Å². The summed E-state index contributed by atoms with van der Waals surface area (Å²) in [7, 11) is 0. The maximum atomic E-state index is 14.0. The van der Waals surface area contributed by atoms with Gasteiger partial charge in [0, 0.05) is 44.1 Å². The van der Waals surface area contributed by atoms with Gasteiger partial charge in [0.05, 0.1) is 12.2 Å². The number of hydrogen-bond acceptors (Lipinski definition) is 4. The molecule has 0 unspecified atom stereocenters. The summed E-state index contributed by atoms with van der Waals surface area (Å²) in [5.41, 5.74) is 9.76. The van der Waals surface area contributed by atoms with Crippen molar-refractivity contribution in [3.8, 4) is 0 Å². The van der Waals surface area contributed by atoms with Crippen molar-refractivity contribution in [2.75, 3.05) is 54.8 Å². The molecule has 1 fully saturated rings. The van der Waals surface area contributed by atoms with Gasteiger partial charge in [0.25, 0.3) is 0 Å². The van der Waals surface area contributed by atoms with Crippen molar-refractivity contribution in [2.45, 2.75) is 12.8 Å². The number of rotatable bonds is 3. The van der Waals surface area contributed by atoms with Crippen LogP contribution in [0.5, 0.6) is 0 Å². The summed E-state index contributed by atoms with van der Waals surface area (Å²) >= 11 is 0. The first-order valence-corrected chi connectivity index (χ1v) is 9.53. The highest BCUT2D eigenvalue weighted by atomic mass is 19.1. The van der Waals surface area contributed by atoms with E-state index in [0.717, 1.165) is 36.3 Å². The molecule has 142 valence electrons. The lowest BCUT2D eigenvalue weighted by Gasteiger charge is -2.38. The first kappa shape index (κ1) is 17.6. The highest BCUT2D eigenvalue weighted by molar-refractivity contribution is 5.83. The van der Waals surface area contributed by atoms with E-state index in [2.05, 4.69) is 4.90 Å². The third kappa shape index (κ3) is 3.56. The zero-order valence-electron chi connectivity index (χ0n) is 15.4. The molecular weight excluding hydrogens is 343 g/mol. The van der Waals surface area contributed by atoms with Crippen molar-refractivity contribution in [3.05, 3.63) is 53.8 Å². The SMILES string of the molecule is Nc1cccc2c1CCCN2CC(=O)N1CCN(c2ccccc2F)CC1. The second-order valence-corrected chi connectivity index (χ2v) is 7.19. The largest absolute Gasteiger partial charge is 0.398 e. The lowest BCUT2D eigenvalue weighted by Crippen LogP contribution is -2.52. The second-order valence-electron chi connectivity index (χ2n) is 7.19. The number of nitrogens with zero attached hydrogens (tertiary/aromatic N) is 3. The molecule has 2 aliphatic rings. The number of nitrogen functional groups attached to an aromatic ring is 1. The molecule has 0 radical (unpaired) electrons. The molecule has 0 saturated carbocycles. The second kappa shape index (κ2) is 7.47. The number of carbonyl (C=O) groups excluding carboxylic acids is 1. The van der Waals surface area contributed by atoms with Crippen LogP contribution in [0.3, 0.4) is 0 Å². The van der Waals surface area contributed by atoms with Crippen molar-refractivity contribution >= 4 is 23.0 Å². The van der Waals surface area contributed by atoms with Gasteiger partial charge in [-0.15, -0.1) is 0 Å². The molecule has 0 bridgehead atoms. The minimum atomic E-state index is -0.209. The fourth-order valence-corrected chi connectivity index (χ4v) is 4.06. The predicted molar refractivity (Wildman–Crippen MR) is 107 cm³/mol. The number of anilines is 3. The van der Waals surface area contributed by atoms with Crippen LogP contribution in [-0.2, 0) is 11.2 Å². The third-order valence-electron chi connectivity index (χ3n) is 5.53. The van der Waals surface area contributed by atoms with E-state index in [9.17, 15) is 9.18 Å². The van der Waals surface area contributed by atoms with E-state index >= 15 is 0 Å². The molecule has 1 amide bonds. The molecule has 0 aromatic heterocycles. The van der Waals surface area contributed by atoms with Gasteiger partial charge in [0.15, 0.2) is 0 Å². The molecule has 6 heteroatoms. The van der Waals surface area contributed by atoms with Gasteiger partial charge < -0.3 is 20.4 Å². The van der Waals surface area contributed by atoms with Crippen molar-refractivity contribution in [2.24, 2.45) is 0 Å². The third-order valence-corrected chi connectivity index (χ3v) is 5.53. The Morgan fingerprint density at radius 3 is 2.48 bits per heavy atom. The zero-order chi connectivity index (χ0) is 18.8. The fourth-order valence-electron chi connectivity index (χ4n) is 4.06. The van der Waals surface area contributed by atoms with Gasteiger partial charge in [-0.3, -0.25) is 4.79 Å². The van der Waals surface area contributed by atoms with E-state index in [1.54, 1.807) is 12.1 Å². The van der Waals surface area contributed by atoms with Gasteiger partial charge in [-0.05, 0) is 42.7 Å². The highest BCUT2D eigenvalue weighted by Crippen LogP contribution is 2.31. The van der Waals surface area contributed by atoms with Crippen molar-refractivity contribution in [3.63, 3.8) is 0 Å². The van der Waals surface area contributed by atoms with E-state index in [0.29, 0.717) is 38.4 Å². The summed E-state index contributed by atoms with van der Waals surface area (Å²) in [5.74, 6) is -0.0850. The maximum absolute atomic E-state index is 14.0. The average molecular weight is 368 g/mol. The number of benzene rings is 2. The van der Waals surface area contributed by atoms with Crippen LogP contribution in [0.2, 0.25) is 0 Å². The number of para-hydroxylation sites is 1. The Morgan fingerprint density at radius 2 is 1.70 bits per heavy atom. The Balaban J connectivity index is 1.38. The molecule has 0 atom stereocenters. The predicted octanol–water partition coefficient (Wildman–Crippen LogP) is 2.51. The molecule has 2 heterocycles. The molecule has 1 saturated heterocycles. The van der Waals surface area contributed by atoms with Gasteiger partial charge >= 0.3 is 0 Å². The topological polar surface area (TPSA) is 52.8 Å². The summed E-state index contributed by atoms with van der Waals surface area (Å²) < 4.78 is 14.0. The minimum absolute atomic E-state index is 0.124. The lowest BCUT2D eigenvalue weighted by molar-refractivity contribution is -0.130. The minimum Gasteiger partial charge on any atom is -0.398 e. The zero-order valence-corrected chi connectivity index (χ0v) is 15.4.